The molecule has 11 rings (SSSR count). The van der Waals surface area contributed by atoms with Crippen molar-refractivity contribution < 1.29 is 0 Å². The Balaban J connectivity index is 1.04. The van der Waals surface area contributed by atoms with E-state index >= 15 is 0 Å². The molecule has 0 aliphatic carbocycles. The molecule has 0 saturated heterocycles. The standard InChI is InChI=1S/C46H27NS3/c1-2-8-34-29(7-1)15-21-39-40-25-30(16-24-43(40)50-46(34)39)28-13-17-31(18-14-28)47(32-19-22-37-35-9-3-5-11-41(35)48-44(37)26-32)33-20-23-38-36-10-4-6-12-42(36)49-45(38)27-33/h1-27H. The van der Waals surface area contributed by atoms with Crippen molar-refractivity contribution in [1.29, 1.82) is 0 Å². The summed E-state index contributed by atoms with van der Waals surface area (Å²) in [7, 11) is 0. The van der Waals surface area contributed by atoms with E-state index in [1.54, 1.807) is 0 Å². The topological polar surface area (TPSA) is 3.24 Å². The molecule has 4 heteroatoms. The Morgan fingerprint density at radius 2 is 0.820 bits per heavy atom. The summed E-state index contributed by atoms with van der Waals surface area (Å²) >= 11 is 5.63. The van der Waals surface area contributed by atoms with E-state index in [1.165, 1.54) is 82.4 Å². The molecule has 0 radical (unpaired) electrons. The minimum Gasteiger partial charge on any atom is -0.310 e. The lowest BCUT2D eigenvalue weighted by Gasteiger charge is -2.26. The van der Waals surface area contributed by atoms with Gasteiger partial charge in [0.1, 0.15) is 0 Å². The third-order valence-corrected chi connectivity index (χ3v) is 13.5. The second kappa shape index (κ2) is 11.0. The average molecular weight is 690 g/mol. The first-order valence-electron chi connectivity index (χ1n) is 16.8. The number of rotatable bonds is 4. The van der Waals surface area contributed by atoms with Crippen LogP contribution in [-0.4, -0.2) is 0 Å². The minimum absolute atomic E-state index is 1.14. The molecule has 8 aromatic carbocycles. The lowest BCUT2D eigenvalue weighted by molar-refractivity contribution is 1.30. The fraction of sp³-hybridized carbons (Fsp3) is 0. The van der Waals surface area contributed by atoms with Crippen molar-refractivity contribution in [3.8, 4) is 11.1 Å². The predicted octanol–water partition coefficient (Wildman–Crippen LogP) is 15.1. The fourth-order valence-corrected chi connectivity index (χ4v) is 11.1. The Morgan fingerprint density at radius 3 is 1.50 bits per heavy atom. The molecule has 234 valence electrons. The fourth-order valence-electron chi connectivity index (χ4n) is 7.64. The van der Waals surface area contributed by atoms with Crippen LogP contribution >= 0.6 is 34.0 Å². The van der Waals surface area contributed by atoms with Crippen LogP contribution in [-0.2, 0) is 0 Å². The van der Waals surface area contributed by atoms with Gasteiger partial charge in [-0.25, -0.2) is 0 Å². The van der Waals surface area contributed by atoms with Crippen LogP contribution < -0.4 is 4.90 Å². The molecular formula is C46H27NS3. The molecule has 0 aliphatic heterocycles. The van der Waals surface area contributed by atoms with Crippen molar-refractivity contribution in [2.45, 2.75) is 0 Å². The molecule has 3 heterocycles. The Bertz CT molecular complexity index is 2990. The molecule has 0 spiro atoms. The molecule has 0 saturated carbocycles. The molecule has 0 unspecified atom stereocenters. The van der Waals surface area contributed by atoms with E-state index in [9.17, 15) is 0 Å². The molecule has 0 amide bonds. The zero-order chi connectivity index (χ0) is 32.8. The monoisotopic (exact) mass is 689 g/mol. The number of anilines is 3. The molecule has 0 N–H and O–H groups in total. The van der Waals surface area contributed by atoms with Gasteiger partial charge >= 0.3 is 0 Å². The summed E-state index contributed by atoms with van der Waals surface area (Å²) in [5, 5.41) is 10.6. The summed E-state index contributed by atoms with van der Waals surface area (Å²) in [5.41, 5.74) is 5.92. The molecule has 50 heavy (non-hydrogen) atoms. The van der Waals surface area contributed by atoms with Crippen molar-refractivity contribution in [2.24, 2.45) is 0 Å². The smallest absolute Gasteiger partial charge is 0.0476 e. The van der Waals surface area contributed by atoms with Gasteiger partial charge in [-0.05, 0) is 82.6 Å². The lowest BCUT2D eigenvalue weighted by atomic mass is 10.0. The third kappa shape index (κ3) is 4.36. The van der Waals surface area contributed by atoms with Gasteiger partial charge in [0.25, 0.3) is 0 Å². The van der Waals surface area contributed by atoms with Crippen molar-refractivity contribution in [3.63, 3.8) is 0 Å². The normalized spacial score (nSPS) is 12.0. The Labute approximate surface area is 300 Å². The van der Waals surface area contributed by atoms with Gasteiger partial charge in [-0.15, -0.1) is 34.0 Å². The van der Waals surface area contributed by atoms with Crippen LogP contribution in [0.5, 0.6) is 0 Å². The highest BCUT2D eigenvalue weighted by molar-refractivity contribution is 7.27. The maximum absolute atomic E-state index is 2.41. The maximum Gasteiger partial charge on any atom is 0.0476 e. The molecule has 0 fully saturated rings. The Hall–Kier alpha value is -5.52. The molecule has 3 aromatic heterocycles. The number of thiophene rings is 3. The lowest BCUT2D eigenvalue weighted by Crippen LogP contribution is -2.09. The van der Waals surface area contributed by atoms with Gasteiger partial charge < -0.3 is 4.90 Å². The van der Waals surface area contributed by atoms with E-state index in [4.69, 9.17) is 0 Å². The highest BCUT2D eigenvalue weighted by atomic mass is 32.1. The van der Waals surface area contributed by atoms with E-state index in [0.29, 0.717) is 0 Å². The average Bonchev–Trinajstić information content (AvgIpc) is 3.86. The predicted molar refractivity (Wildman–Crippen MR) is 223 cm³/mol. The van der Waals surface area contributed by atoms with Crippen LogP contribution in [0.3, 0.4) is 0 Å². The summed E-state index contributed by atoms with van der Waals surface area (Å²) in [6.07, 6.45) is 0. The largest absolute Gasteiger partial charge is 0.310 e. The summed E-state index contributed by atoms with van der Waals surface area (Å²) in [6, 6.07) is 60.7. The van der Waals surface area contributed by atoms with Crippen molar-refractivity contribution in [2.75, 3.05) is 4.90 Å². The quantitative estimate of drug-likeness (QED) is 0.178. The van der Waals surface area contributed by atoms with E-state index in [0.717, 1.165) is 17.1 Å². The van der Waals surface area contributed by atoms with Crippen molar-refractivity contribution in [3.05, 3.63) is 164 Å². The first-order chi connectivity index (χ1) is 24.7. The summed E-state index contributed by atoms with van der Waals surface area (Å²) in [6.45, 7) is 0. The van der Waals surface area contributed by atoms with Gasteiger partial charge in [0.05, 0.1) is 0 Å². The third-order valence-electron chi connectivity index (χ3n) is 10.1. The number of fused-ring (bicyclic) bond motifs is 11. The van der Waals surface area contributed by atoms with Crippen LogP contribution in [0.4, 0.5) is 17.1 Å². The Morgan fingerprint density at radius 1 is 0.300 bits per heavy atom. The molecule has 1 nitrogen and oxygen atoms in total. The van der Waals surface area contributed by atoms with E-state index in [1.807, 2.05) is 34.0 Å². The van der Waals surface area contributed by atoms with E-state index in [-0.39, 0.29) is 0 Å². The molecule has 0 aliphatic rings. The minimum atomic E-state index is 1.14. The SMILES string of the molecule is c1ccc2c(c1)ccc1c3cc(-c4ccc(N(c5ccc6c(c5)sc5ccccc56)c5ccc6c(c5)sc5ccccc56)cc4)ccc3sc21. The van der Waals surface area contributed by atoms with E-state index in [2.05, 4.69) is 169 Å². The second-order valence-corrected chi connectivity index (χ2v) is 16.1. The summed E-state index contributed by atoms with van der Waals surface area (Å²) in [5.74, 6) is 0. The maximum atomic E-state index is 2.41. The van der Waals surface area contributed by atoms with Gasteiger partial charge in [0, 0.05) is 77.6 Å². The number of hydrogen-bond acceptors (Lipinski definition) is 4. The van der Waals surface area contributed by atoms with Crippen LogP contribution in [0.1, 0.15) is 0 Å². The number of nitrogens with zero attached hydrogens (tertiary/aromatic N) is 1. The zero-order valence-electron chi connectivity index (χ0n) is 26.8. The van der Waals surface area contributed by atoms with Gasteiger partial charge in [-0.3, -0.25) is 0 Å². The van der Waals surface area contributed by atoms with Crippen molar-refractivity contribution in [1.82, 2.24) is 0 Å². The van der Waals surface area contributed by atoms with Gasteiger partial charge in [0.2, 0.25) is 0 Å². The number of benzene rings is 8. The van der Waals surface area contributed by atoms with Crippen molar-refractivity contribution >= 4 is 122 Å². The molecule has 0 atom stereocenters. The summed E-state index contributed by atoms with van der Waals surface area (Å²) in [4.78, 5) is 2.41. The highest BCUT2D eigenvalue weighted by Crippen LogP contribution is 2.44. The Kier molecular flexibility index (Phi) is 6.23. The summed E-state index contributed by atoms with van der Waals surface area (Å²) < 4.78 is 7.95. The highest BCUT2D eigenvalue weighted by Gasteiger charge is 2.17. The molecular weight excluding hydrogens is 663 g/mol. The second-order valence-electron chi connectivity index (χ2n) is 12.9. The molecule has 0 bridgehead atoms. The van der Waals surface area contributed by atoms with Crippen LogP contribution in [0.25, 0.3) is 82.4 Å². The molecule has 11 aromatic rings. The van der Waals surface area contributed by atoms with Crippen LogP contribution in [0.2, 0.25) is 0 Å². The van der Waals surface area contributed by atoms with Gasteiger partial charge in [-0.2, -0.15) is 0 Å². The number of hydrogen-bond donors (Lipinski definition) is 0. The van der Waals surface area contributed by atoms with Crippen LogP contribution in [0.15, 0.2) is 164 Å². The zero-order valence-corrected chi connectivity index (χ0v) is 29.2. The van der Waals surface area contributed by atoms with Crippen LogP contribution in [0, 0.1) is 0 Å². The first kappa shape index (κ1) is 28.3. The van der Waals surface area contributed by atoms with E-state index < -0.39 is 0 Å². The van der Waals surface area contributed by atoms with Gasteiger partial charge in [-0.1, -0.05) is 103 Å². The first-order valence-corrected chi connectivity index (χ1v) is 19.3. The van der Waals surface area contributed by atoms with Gasteiger partial charge in [0.15, 0.2) is 0 Å².